The second kappa shape index (κ2) is 4.80. The number of hydrogen-bond donors (Lipinski definition) is 1. The van der Waals surface area contributed by atoms with Gasteiger partial charge in [-0.05, 0) is 44.2 Å². The van der Waals surface area contributed by atoms with Gasteiger partial charge in [0.2, 0.25) is 0 Å². The average molecular weight is 286 g/mol. The number of nitrogens with zero attached hydrogens (tertiary/aromatic N) is 4. The lowest BCUT2D eigenvalue weighted by molar-refractivity contribution is -0.0150. The van der Waals surface area contributed by atoms with Crippen LogP contribution in [0.3, 0.4) is 0 Å². The quantitative estimate of drug-likeness (QED) is 0.856. The Balaban J connectivity index is 1.72. The zero-order valence-electron chi connectivity index (χ0n) is 11.7. The molecule has 2 aliphatic rings. The fraction of sp³-hybridized carbons (Fsp3) is 0.533. The molecule has 0 spiro atoms. The molecule has 3 atom stereocenters. The third-order valence-electron chi connectivity index (χ3n) is 4.74. The Morgan fingerprint density at radius 3 is 2.81 bits per heavy atom. The standard InChI is InChI=1S/C15H18N4O2/c20-12-7-10-3-1-4-11(8-12)19(10)15(21)13-5-2-6-18-9-16-17-14(13)18/h2,5-6,9-12,20H,1,3-4,7-8H2/t10-,11+,12?. The third kappa shape index (κ3) is 2.01. The minimum absolute atomic E-state index is 0.0233. The fourth-order valence-electron chi connectivity index (χ4n) is 3.84. The van der Waals surface area contributed by atoms with Gasteiger partial charge in [0.1, 0.15) is 6.33 Å². The number of hydrogen-bond acceptors (Lipinski definition) is 4. The van der Waals surface area contributed by atoms with Crippen molar-refractivity contribution in [3.05, 3.63) is 30.2 Å². The van der Waals surface area contributed by atoms with E-state index in [2.05, 4.69) is 10.2 Å². The Morgan fingerprint density at radius 2 is 2.05 bits per heavy atom. The third-order valence-corrected chi connectivity index (χ3v) is 4.74. The number of piperidine rings is 2. The summed E-state index contributed by atoms with van der Waals surface area (Å²) >= 11 is 0. The highest BCUT2D eigenvalue weighted by Gasteiger charge is 2.41. The second-order valence-electron chi connectivity index (χ2n) is 6.06. The molecule has 0 saturated carbocycles. The van der Waals surface area contributed by atoms with Crippen LogP contribution in [0.5, 0.6) is 0 Å². The molecule has 0 radical (unpaired) electrons. The molecule has 2 saturated heterocycles. The molecule has 4 rings (SSSR count). The average Bonchev–Trinajstić information content (AvgIpc) is 2.93. The summed E-state index contributed by atoms with van der Waals surface area (Å²) in [6, 6.07) is 3.97. The molecule has 2 fully saturated rings. The summed E-state index contributed by atoms with van der Waals surface area (Å²) in [6.45, 7) is 0. The lowest BCUT2D eigenvalue weighted by Gasteiger charge is -2.47. The number of aliphatic hydroxyl groups excluding tert-OH is 1. The van der Waals surface area contributed by atoms with Gasteiger partial charge in [0, 0.05) is 18.3 Å². The summed E-state index contributed by atoms with van der Waals surface area (Å²) in [7, 11) is 0. The molecule has 0 aliphatic carbocycles. The van der Waals surface area contributed by atoms with Crippen LogP contribution in [0.25, 0.3) is 5.65 Å². The Hall–Kier alpha value is -1.95. The van der Waals surface area contributed by atoms with Gasteiger partial charge >= 0.3 is 0 Å². The van der Waals surface area contributed by atoms with Gasteiger partial charge in [0.15, 0.2) is 5.65 Å². The highest BCUT2D eigenvalue weighted by atomic mass is 16.3. The Labute approximate surface area is 122 Å². The van der Waals surface area contributed by atoms with E-state index in [1.807, 2.05) is 23.2 Å². The predicted octanol–water partition coefficient (Wildman–Crippen LogP) is 1.25. The molecule has 1 amide bonds. The molecule has 2 aromatic heterocycles. The number of amides is 1. The van der Waals surface area contributed by atoms with E-state index in [9.17, 15) is 9.90 Å². The first kappa shape index (κ1) is 12.8. The molecule has 2 aromatic rings. The molecule has 21 heavy (non-hydrogen) atoms. The number of fused-ring (bicyclic) bond motifs is 3. The SMILES string of the molecule is O=C(c1cccn2cnnc12)N1[C@@H]2CCC[C@H]1CC(O)C2. The summed E-state index contributed by atoms with van der Waals surface area (Å²) in [5, 5.41) is 17.9. The van der Waals surface area contributed by atoms with E-state index >= 15 is 0 Å². The number of carbonyl (C=O) groups excluding carboxylic acids is 1. The largest absolute Gasteiger partial charge is 0.393 e. The van der Waals surface area contributed by atoms with Crippen molar-refractivity contribution in [1.82, 2.24) is 19.5 Å². The number of rotatable bonds is 1. The van der Waals surface area contributed by atoms with Crippen molar-refractivity contribution in [2.24, 2.45) is 0 Å². The smallest absolute Gasteiger partial charge is 0.258 e. The highest BCUT2D eigenvalue weighted by Crippen LogP contribution is 2.35. The fourth-order valence-corrected chi connectivity index (χ4v) is 3.84. The van der Waals surface area contributed by atoms with Crippen molar-refractivity contribution in [3.63, 3.8) is 0 Å². The van der Waals surface area contributed by atoms with Crippen LogP contribution in [0, 0.1) is 0 Å². The summed E-state index contributed by atoms with van der Waals surface area (Å²) in [4.78, 5) is 15.0. The molecule has 110 valence electrons. The van der Waals surface area contributed by atoms with Crippen LogP contribution >= 0.6 is 0 Å². The van der Waals surface area contributed by atoms with Crippen LogP contribution in [0.4, 0.5) is 0 Å². The first-order valence-corrected chi connectivity index (χ1v) is 7.53. The lowest BCUT2D eigenvalue weighted by Crippen LogP contribution is -2.55. The lowest BCUT2D eigenvalue weighted by atomic mass is 9.82. The van der Waals surface area contributed by atoms with Crippen LogP contribution in [-0.2, 0) is 0 Å². The van der Waals surface area contributed by atoms with Crippen molar-refractivity contribution >= 4 is 11.6 Å². The molecule has 2 bridgehead atoms. The maximum Gasteiger partial charge on any atom is 0.258 e. The van der Waals surface area contributed by atoms with Gasteiger partial charge in [0.05, 0.1) is 11.7 Å². The topological polar surface area (TPSA) is 70.7 Å². The molecular weight excluding hydrogens is 268 g/mol. The minimum Gasteiger partial charge on any atom is -0.393 e. The van der Waals surface area contributed by atoms with Crippen LogP contribution in [0.1, 0.15) is 42.5 Å². The number of aromatic nitrogens is 3. The van der Waals surface area contributed by atoms with Gasteiger partial charge in [-0.2, -0.15) is 0 Å². The van der Waals surface area contributed by atoms with Crippen LogP contribution in [-0.4, -0.2) is 48.7 Å². The molecular formula is C15H18N4O2. The van der Waals surface area contributed by atoms with E-state index in [4.69, 9.17) is 0 Å². The molecule has 2 aliphatic heterocycles. The zero-order chi connectivity index (χ0) is 14.4. The zero-order valence-corrected chi connectivity index (χ0v) is 11.7. The molecule has 1 N–H and O–H groups in total. The van der Waals surface area contributed by atoms with E-state index in [1.165, 1.54) is 0 Å². The van der Waals surface area contributed by atoms with Crippen molar-refractivity contribution in [1.29, 1.82) is 0 Å². The Morgan fingerprint density at radius 1 is 1.29 bits per heavy atom. The van der Waals surface area contributed by atoms with E-state index < -0.39 is 0 Å². The normalized spacial score (nSPS) is 28.8. The van der Waals surface area contributed by atoms with E-state index in [1.54, 1.807) is 10.7 Å². The van der Waals surface area contributed by atoms with Crippen molar-refractivity contribution in [2.75, 3.05) is 0 Å². The number of aliphatic hydroxyl groups is 1. The monoisotopic (exact) mass is 286 g/mol. The van der Waals surface area contributed by atoms with Gasteiger partial charge in [0.25, 0.3) is 5.91 Å². The van der Waals surface area contributed by atoms with Crippen molar-refractivity contribution in [2.45, 2.75) is 50.3 Å². The number of pyridine rings is 1. The first-order chi connectivity index (χ1) is 10.2. The van der Waals surface area contributed by atoms with Gasteiger partial charge in [-0.1, -0.05) is 0 Å². The summed E-state index contributed by atoms with van der Waals surface area (Å²) in [5.74, 6) is 0.0233. The number of carbonyl (C=O) groups is 1. The van der Waals surface area contributed by atoms with E-state index in [0.29, 0.717) is 24.1 Å². The van der Waals surface area contributed by atoms with E-state index in [-0.39, 0.29) is 24.1 Å². The Kier molecular flexibility index (Phi) is 2.92. The summed E-state index contributed by atoms with van der Waals surface area (Å²) in [5.41, 5.74) is 1.20. The molecule has 0 aromatic carbocycles. The van der Waals surface area contributed by atoms with Gasteiger partial charge in [-0.3, -0.25) is 9.20 Å². The van der Waals surface area contributed by atoms with Crippen molar-refractivity contribution < 1.29 is 9.90 Å². The second-order valence-corrected chi connectivity index (χ2v) is 6.06. The van der Waals surface area contributed by atoms with Crippen LogP contribution in [0.2, 0.25) is 0 Å². The van der Waals surface area contributed by atoms with Crippen molar-refractivity contribution in [3.8, 4) is 0 Å². The molecule has 6 nitrogen and oxygen atoms in total. The summed E-state index contributed by atoms with van der Waals surface area (Å²) < 4.78 is 1.77. The maximum absolute atomic E-state index is 13.0. The molecule has 6 heteroatoms. The predicted molar refractivity (Wildman–Crippen MR) is 75.8 cm³/mol. The summed E-state index contributed by atoms with van der Waals surface area (Å²) in [6.07, 6.45) is 7.66. The highest BCUT2D eigenvalue weighted by molar-refractivity contribution is 6.00. The molecule has 1 unspecified atom stereocenters. The van der Waals surface area contributed by atoms with Gasteiger partial charge in [-0.15, -0.1) is 10.2 Å². The van der Waals surface area contributed by atoms with Crippen LogP contribution < -0.4 is 0 Å². The Bertz CT molecular complexity index is 669. The van der Waals surface area contributed by atoms with E-state index in [0.717, 1.165) is 19.3 Å². The van der Waals surface area contributed by atoms with Gasteiger partial charge in [-0.25, -0.2) is 0 Å². The minimum atomic E-state index is -0.270. The van der Waals surface area contributed by atoms with Gasteiger partial charge < -0.3 is 10.0 Å². The first-order valence-electron chi connectivity index (χ1n) is 7.53. The molecule has 4 heterocycles. The van der Waals surface area contributed by atoms with Crippen LogP contribution in [0.15, 0.2) is 24.7 Å². The maximum atomic E-state index is 13.0.